The molecule has 0 saturated carbocycles. The smallest absolute Gasteiger partial charge is 0.248 e. The van der Waals surface area contributed by atoms with Gasteiger partial charge in [-0.25, -0.2) is 13.1 Å². The molecule has 0 fully saturated rings. The monoisotopic (exact) mass is 392 g/mol. The quantitative estimate of drug-likeness (QED) is 0.753. The standard InChI is InChI=1S/C19H21ClN2O3S/c1-19(2,3)22-26(24,25)17-11-9-16(10-12-17)21-18(23)13-6-14-4-7-15(20)8-5-14/h4-13,22H,1-3H3,(H,21,23). The topological polar surface area (TPSA) is 75.3 Å². The lowest BCUT2D eigenvalue weighted by Gasteiger charge is -2.20. The average Bonchev–Trinajstić information content (AvgIpc) is 2.52. The van der Waals surface area contributed by atoms with E-state index in [1.807, 2.05) is 0 Å². The second-order valence-electron chi connectivity index (χ2n) is 6.75. The van der Waals surface area contributed by atoms with E-state index >= 15 is 0 Å². The van der Waals surface area contributed by atoms with Gasteiger partial charge in [-0.1, -0.05) is 23.7 Å². The zero-order valence-corrected chi connectivity index (χ0v) is 16.4. The van der Waals surface area contributed by atoms with Crippen molar-refractivity contribution in [2.45, 2.75) is 31.2 Å². The highest BCUT2D eigenvalue weighted by Crippen LogP contribution is 2.16. The van der Waals surface area contributed by atoms with Crippen molar-refractivity contribution in [2.24, 2.45) is 0 Å². The minimum Gasteiger partial charge on any atom is -0.323 e. The van der Waals surface area contributed by atoms with E-state index in [-0.39, 0.29) is 10.8 Å². The summed E-state index contributed by atoms with van der Waals surface area (Å²) in [6.07, 6.45) is 3.06. The number of amides is 1. The molecule has 26 heavy (non-hydrogen) atoms. The molecule has 2 aromatic carbocycles. The van der Waals surface area contributed by atoms with Crippen molar-refractivity contribution in [3.8, 4) is 0 Å². The summed E-state index contributed by atoms with van der Waals surface area (Å²) in [5.41, 5.74) is 0.780. The van der Waals surface area contributed by atoms with E-state index in [2.05, 4.69) is 10.0 Å². The molecule has 7 heteroatoms. The number of sulfonamides is 1. The predicted octanol–water partition coefficient (Wildman–Crippen LogP) is 4.07. The number of carbonyl (C=O) groups excluding carboxylic acids is 1. The molecule has 2 rings (SSSR count). The summed E-state index contributed by atoms with van der Waals surface area (Å²) in [5, 5.41) is 3.31. The summed E-state index contributed by atoms with van der Waals surface area (Å²) in [7, 11) is -3.60. The maximum atomic E-state index is 12.2. The van der Waals surface area contributed by atoms with Crippen LogP contribution in [0.25, 0.3) is 6.08 Å². The number of carbonyl (C=O) groups is 1. The number of hydrogen-bond acceptors (Lipinski definition) is 3. The lowest BCUT2D eigenvalue weighted by Crippen LogP contribution is -2.40. The minimum atomic E-state index is -3.60. The van der Waals surface area contributed by atoms with E-state index in [9.17, 15) is 13.2 Å². The molecule has 138 valence electrons. The Kier molecular flexibility index (Phi) is 6.23. The van der Waals surface area contributed by atoms with Gasteiger partial charge in [0.05, 0.1) is 4.90 Å². The van der Waals surface area contributed by atoms with Crippen LogP contribution < -0.4 is 10.0 Å². The van der Waals surface area contributed by atoms with Gasteiger partial charge in [-0.05, 0) is 68.8 Å². The third-order valence-corrected chi connectivity index (χ3v) is 5.20. The van der Waals surface area contributed by atoms with Crippen molar-refractivity contribution in [3.05, 3.63) is 65.2 Å². The number of anilines is 1. The molecule has 0 aliphatic heterocycles. The van der Waals surface area contributed by atoms with Crippen LogP contribution in [0.2, 0.25) is 5.02 Å². The predicted molar refractivity (Wildman–Crippen MR) is 106 cm³/mol. The summed E-state index contributed by atoms with van der Waals surface area (Å²) < 4.78 is 27.1. The third kappa shape index (κ3) is 6.29. The van der Waals surface area contributed by atoms with Crippen LogP contribution in [0.5, 0.6) is 0 Å². The molecule has 1 amide bonds. The molecule has 0 heterocycles. The van der Waals surface area contributed by atoms with E-state index in [4.69, 9.17) is 11.6 Å². The van der Waals surface area contributed by atoms with Crippen LogP contribution >= 0.6 is 11.6 Å². The molecular weight excluding hydrogens is 372 g/mol. The SMILES string of the molecule is CC(C)(C)NS(=O)(=O)c1ccc(NC(=O)C=Cc2ccc(Cl)cc2)cc1. The molecular formula is C19H21ClN2O3S. The number of hydrogen-bond donors (Lipinski definition) is 2. The van der Waals surface area contributed by atoms with Gasteiger partial charge in [0.25, 0.3) is 0 Å². The first-order valence-electron chi connectivity index (χ1n) is 7.94. The summed E-state index contributed by atoms with van der Waals surface area (Å²) in [6.45, 7) is 5.31. The van der Waals surface area contributed by atoms with Crippen molar-refractivity contribution in [3.63, 3.8) is 0 Å². The van der Waals surface area contributed by atoms with Gasteiger partial charge < -0.3 is 5.32 Å². The van der Waals surface area contributed by atoms with Gasteiger partial charge in [-0.3, -0.25) is 4.79 Å². The Morgan fingerprint density at radius 3 is 2.12 bits per heavy atom. The van der Waals surface area contributed by atoms with Crippen molar-refractivity contribution in [2.75, 3.05) is 5.32 Å². The average molecular weight is 393 g/mol. The third-order valence-electron chi connectivity index (χ3n) is 3.17. The van der Waals surface area contributed by atoms with Crippen molar-refractivity contribution in [1.29, 1.82) is 0 Å². The van der Waals surface area contributed by atoms with Crippen LogP contribution in [-0.2, 0) is 14.8 Å². The molecule has 5 nitrogen and oxygen atoms in total. The molecule has 0 saturated heterocycles. The summed E-state index contributed by atoms with van der Waals surface area (Å²) in [5.74, 6) is -0.316. The fraction of sp³-hybridized carbons (Fsp3) is 0.211. The second-order valence-corrected chi connectivity index (χ2v) is 8.87. The number of benzene rings is 2. The Balaban J connectivity index is 2.02. The summed E-state index contributed by atoms with van der Waals surface area (Å²) in [6, 6.07) is 13.1. The van der Waals surface area contributed by atoms with Gasteiger partial charge in [-0.15, -0.1) is 0 Å². The van der Waals surface area contributed by atoms with Gasteiger partial charge >= 0.3 is 0 Å². The zero-order valence-electron chi connectivity index (χ0n) is 14.8. The van der Waals surface area contributed by atoms with Crippen LogP contribution in [0.3, 0.4) is 0 Å². The van der Waals surface area contributed by atoms with E-state index in [0.717, 1.165) is 5.56 Å². The maximum absolute atomic E-state index is 12.2. The van der Waals surface area contributed by atoms with Crippen LogP contribution in [0.1, 0.15) is 26.3 Å². The lowest BCUT2D eigenvalue weighted by molar-refractivity contribution is -0.111. The molecule has 0 atom stereocenters. The highest BCUT2D eigenvalue weighted by atomic mass is 35.5. The maximum Gasteiger partial charge on any atom is 0.248 e. The van der Waals surface area contributed by atoms with E-state index in [1.54, 1.807) is 63.2 Å². The van der Waals surface area contributed by atoms with Crippen LogP contribution in [0, 0.1) is 0 Å². The molecule has 0 radical (unpaired) electrons. The normalized spacial score (nSPS) is 12.3. The van der Waals surface area contributed by atoms with E-state index < -0.39 is 15.6 Å². The van der Waals surface area contributed by atoms with E-state index in [1.165, 1.54) is 18.2 Å². The van der Waals surface area contributed by atoms with Crippen LogP contribution in [-0.4, -0.2) is 19.9 Å². The fourth-order valence-corrected chi connectivity index (χ4v) is 3.65. The van der Waals surface area contributed by atoms with Crippen molar-refractivity contribution >= 4 is 39.3 Å². The Hall–Kier alpha value is -2.15. The number of halogens is 1. The summed E-state index contributed by atoms with van der Waals surface area (Å²) in [4.78, 5) is 12.1. The van der Waals surface area contributed by atoms with Crippen LogP contribution in [0.15, 0.2) is 59.5 Å². The second kappa shape index (κ2) is 8.03. The molecule has 0 bridgehead atoms. The Morgan fingerprint density at radius 1 is 1.00 bits per heavy atom. The van der Waals surface area contributed by atoms with Gasteiger partial charge in [0, 0.05) is 22.3 Å². The number of nitrogens with one attached hydrogen (secondary N) is 2. The van der Waals surface area contributed by atoms with Gasteiger partial charge in [-0.2, -0.15) is 0 Å². The first-order chi connectivity index (χ1) is 12.0. The minimum absolute atomic E-state index is 0.141. The fourth-order valence-electron chi connectivity index (χ4n) is 2.11. The Labute approximate surface area is 159 Å². The molecule has 0 aliphatic carbocycles. The van der Waals surface area contributed by atoms with Crippen molar-refractivity contribution < 1.29 is 13.2 Å². The highest BCUT2D eigenvalue weighted by Gasteiger charge is 2.21. The van der Waals surface area contributed by atoms with Crippen LogP contribution in [0.4, 0.5) is 5.69 Å². The van der Waals surface area contributed by atoms with E-state index in [0.29, 0.717) is 10.7 Å². The molecule has 0 aromatic heterocycles. The van der Waals surface area contributed by atoms with Gasteiger partial charge in [0.2, 0.25) is 15.9 Å². The van der Waals surface area contributed by atoms with Crippen molar-refractivity contribution in [1.82, 2.24) is 4.72 Å². The molecule has 2 N–H and O–H groups in total. The highest BCUT2D eigenvalue weighted by molar-refractivity contribution is 7.89. The molecule has 0 spiro atoms. The molecule has 2 aromatic rings. The number of rotatable bonds is 5. The lowest BCUT2D eigenvalue weighted by atomic mass is 10.1. The summed E-state index contributed by atoms with van der Waals surface area (Å²) >= 11 is 5.81. The zero-order chi connectivity index (χ0) is 19.4. The Morgan fingerprint density at radius 2 is 1.58 bits per heavy atom. The largest absolute Gasteiger partial charge is 0.323 e. The van der Waals surface area contributed by atoms with Gasteiger partial charge in [0.1, 0.15) is 0 Å². The first-order valence-corrected chi connectivity index (χ1v) is 9.80. The molecule has 0 unspecified atom stereocenters. The van der Waals surface area contributed by atoms with Gasteiger partial charge in [0.15, 0.2) is 0 Å². The first kappa shape index (κ1) is 20.2. The Bertz CT molecular complexity index is 897. The molecule has 0 aliphatic rings.